The molecule has 0 saturated carbocycles. The zero-order valence-electron chi connectivity index (χ0n) is 10.6. The van der Waals surface area contributed by atoms with E-state index < -0.39 is 0 Å². The zero-order chi connectivity index (χ0) is 13.0. The highest BCUT2D eigenvalue weighted by atomic mass is 35.5. The van der Waals surface area contributed by atoms with Crippen molar-refractivity contribution < 1.29 is 9.53 Å². The minimum Gasteiger partial charge on any atom is -0.381 e. The number of amides is 1. The van der Waals surface area contributed by atoms with Gasteiger partial charge in [-0.1, -0.05) is 23.7 Å². The van der Waals surface area contributed by atoms with Crippen molar-refractivity contribution in [1.29, 1.82) is 0 Å². The molecule has 2 rings (SSSR count). The molecule has 3 nitrogen and oxygen atoms in total. The number of benzene rings is 1. The van der Waals surface area contributed by atoms with Crippen LogP contribution in [-0.2, 0) is 16.0 Å². The first-order chi connectivity index (χ1) is 8.69. The molecule has 4 heteroatoms. The second-order valence-electron chi connectivity index (χ2n) is 4.62. The molecular formula is C14H18ClNO2. The van der Waals surface area contributed by atoms with Crippen LogP contribution in [0.5, 0.6) is 0 Å². The fraction of sp³-hybridized carbons (Fsp3) is 0.500. The van der Waals surface area contributed by atoms with Crippen LogP contribution in [-0.4, -0.2) is 37.1 Å². The number of piperidine rings is 1. The van der Waals surface area contributed by atoms with Crippen molar-refractivity contribution in [2.75, 3.05) is 20.2 Å². The zero-order valence-corrected chi connectivity index (χ0v) is 11.3. The van der Waals surface area contributed by atoms with E-state index in [2.05, 4.69) is 0 Å². The minimum absolute atomic E-state index is 0.187. The Labute approximate surface area is 113 Å². The van der Waals surface area contributed by atoms with Gasteiger partial charge in [-0.15, -0.1) is 0 Å². The average Bonchev–Trinajstić information content (AvgIpc) is 2.41. The lowest BCUT2D eigenvalue weighted by molar-refractivity contribution is -0.132. The maximum Gasteiger partial charge on any atom is 0.226 e. The predicted octanol–water partition coefficient (Wildman–Crippen LogP) is 2.52. The third-order valence-electron chi connectivity index (χ3n) is 3.40. The van der Waals surface area contributed by atoms with E-state index in [1.807, 2.05) is 29.2 Å². The van der Waals surface area contributed by atoms with Crippen LogP contribution in [0.15, 0.2) is 24.3 Å². The lowest BCUT2D eigenvalue weighted by Gasteiger charge is -2.31. The molecular weight excluding hydrogens is 250 g/mol. The summed E-state index contributed by atoms with van der Waals surface area (Å²) in [4.78, 5) is 14.0. The van der Waals surface area contributed by atoms with E-state index in [0.717, 1.165) is 31.5 Å². The molecule has 0 aliphatic carbocycles. The number of carbonyl (C=O) groups excluding carboxylic acids is 1. The van der Waals surface area contributed by atoms with E-state index in [1.54, 1.807) is 7.11 Å². The number of hydrogen-bond acceptors (Lipinski definition) is 2. The van der Waals surface area contributed by atoms with Crippen LogP contribution in [0.25, 0.3) is 0 Å². The second-order valence-corrected chi connectivity index (χ2v) is 5.06. The Balaban J connectivity index is 1.87. The third kappa shape index (κ3) is 3.47. The van der Waals surface area contributed by atoms with Crippen LogP contribution >= 0.6 is 11.6 Å². The Kier molecular flexibility index (Phi) is 4.61. The van der Waals surface area contributed by atoms with Crippen LogP contribution in [0.4, 0.5) is 0 Å². The fourth-order valence-corrected chi connectivity index (χ4v) is 2.36. The van der Waals surface area contributed by atoms with Gasteiger partial charge in [0.25, 0.3) is 0 Å². The van der Waals surface area contributed by atoms with E-state index in [1.165, 1.54) is 0 Å². The first kappa shape index (κ1) is 13.4. The highest BCUT2D eigenvalue weighted by molar-refractivity contribution is 6.30. The summed E-state index contributed by atoms with van der Waals surface area (Å²) in [7, 11) is 1.73. The summed E-state index contributed by atoms with van der Waals surface area (Å²) in [6, 6.07) is 7.45. The number of nitrogens with zero attached hydrogens (tertiary/aromatic N) is 1. The number of methoxy groups -OCH3 is 1. The van der Waals surface area contributed by atoms with Gasteiger partial charge in [0.15, 0.2) is 0 Å². The van der Waals surface area contributed by atoms with E-state index in [-0.39, 0.29) is 5.91 Å². The molecule has 0 aromatic heterocycles. The maximum absolute atomic E-state index is 12.1. The lowest BCUT2D eigenvalue weighted by atomic mass is 10.1. The van der Waals surface area contributed by atoms with Gasteiger partial charge in [0, 0.05) is 25.2 Å². The van der Waals surface area contributed by atoms with Crippen molar-refractivity contribution in [2.45, 2.75) is 25.4 Å². The van der Waals surface area contributed by atoms with Crippen LogP contribution in [0, 0.1) is 0 Å². The summed E-state index contributed by atoms with van der Waals surface area (Å²) in [6.45, 7) is 1.59. The van der Waals surface area contributed by atoms with Crippen LogP contribution in [0.3, 0.4) is 0 Å². The largest absolute Gasteiger partial charge is 0.381 e. The van der Waals surface area contributed by atoms with Crippen molar-refractivity contribution >= 4 is 17.5 Å². The number of likely N-dealkylation sites (tertiary alicyclic amines) is 1. The molecule has 0 radical (unpaired) electrons. The summed E-state index contributed by atoms with van der Waals surface area (Å²) >= 11 is 5.82. The second kappa shape index (κ2) is 6.21. The Hall–Kier alpha value is -1.06. The van der Waals surface area contributed by atoms with Gasteiger partial charge in [-0.25, -0.2) is 0 Å². The van der Waals surface area contributed by atoms with Gasteiger partial charge in [-0.2, -0.15) is 0 Å². The standard InChI is InChI=1S/C14H18ClNO2/c1-18-13-6-8-16(9-7-13)14(17)10-11-2-4-12(15)5-3-11/h2-5,13H,6-10H2,1H3. The maximum atomic E-state index is 12.1. The van der Waals surface area contributed by atoms with E-state index in [4.69, 9.17) is 16.3 Å². The summed E-state index contributed by atoms with van der Waals surface area (Å²) in [5, 5.41) is 0.701. The molecule has 18 heavy (non-hydrogen) atoms. The average molecular weight is 268 g/mol. The highest BCUT2D eigenvalue weighted by Crippen LogP contribution is 2.15. The molecule has 0 N–H and O–H groups in total. The van der Waals surface area contributed by atoms with Crippen molar-refractivity contribution in [2.24, 2.45) is 0 Å². The summed E-state index contributed by atoms with van der Waals surface area (Å²) in [5.74, 6) is 0.187. The number of halogens is 1. The number of hydrogen-bond donors (Lipinski definition) is 0. The van der Waals surface area contributed by atoms with Gasteiger partial charge in [0.2, 0.25) is 5.91 Å². The quantitative estimate of drug-likeness (QED) is 0.842. The Morgan fingerprint density at radius 1 is 1.33 bits per heavy atom. The van der Waals surface area contributed by atoms with Gasteiger partial charge < -0.3 is 9.64 Å². The Morgan fingerprint density at radius 2 is 1.94 bits per heavy atom. The summed E-state index contributed by atoms with van der Waals surface area (Å²) < 4.78 is 5.30. The molecule has 1 aliphatic rings. The topological polar surface area (TPSA) is 29.5 Å². The summed E-state index contributed by atoms with van der Waals surface area (Å²) in [6.07, 6.45) is 2.63. The highest BCUT2D eigenvalue weighted by Gasteiger charge is 2.22. The Bertz CT molecular complexity index is 397. The van der Waals surface area contributed by atoms with Crippen LogP contribution in [0.1, 0.15) is 18.4 Å². The van der Waals surface area contributed by atoms with Crippen molar-refractivity contribution in [3.8, 4) is 0 Å². The van der Waals surface area contributed by atoms with Gasteiger partial charge >= 0.3 is 0 Å². The van der Waals surface area contributed by atoms with Gasteiger partial charge in [-0.3, -0.25) is 4.79 Å². The molecule has 1 saturated heterocycles. The van der Waals surface area contributed by atoms with Crippen molar-refractivity contribution in [1.82, 2.24) is 4.90 Å². The van der Waals surface area contributed by atoms with E-state index in [9.17, 15) is 4.79 Å². The molecule has 0 bridgehead atoms. The molecule has 0 unspecified atom stereocenters. The lowest BCUT2D eigenvalue weighted by Crippen LogP contribution is -2.41. The molecule has 1 amide bonds. The Morgan fingerprint density at radius 3 is 2.50 bits per heavy atom. The monoisotopic (exact) mass is 267 g/mol. The molecule has 1 aromatic rings. The normalized spacial score (nSPS) is 16.9. The first-order valence-corrected chi connectivity index (χ1v) is 6.62. The predicted molar refractivity (Wildman–Crippen MR) is 71.8 cm³/mol. The molecule has 1 aliphatic heterocycles. The first-order valence-electron chi connectivity index (χ1n) is 6.24. The molecule has 1 fully saturated rings. The minimum atomic E-state index is 0.187. The van der Waals surface area contributed by atoms with E-state index >= 15 is 0 Å². The number of carbonyl (C=O) groups is 1. The van der Waals surface area contributed by atoms with Crippen molar-refractivity contribution in [3.05, 3.63) is 34.9 Å². The molecule has 1 heterocycles. The van der Waals surface area contributed by atoms with Gasteiger partial charge in [0.1, 0.15) is 0 Å². The van der Waals surface area contributed by atoms with Crippen LogP contribution < -0.4 is 0 Å². The molecule has 0 spiro atoms. The molecule has 98 valence electrons. The van der Waals surface area contributed by atoms with Gasteiger partial charge in [0.05, 0.1) is 12.5 Å². The summed E-state index contributed by atoms with van der Waals surface area (Å²) in [5.41, 5.74) is 1.01. The SMILES string of the molecule is COC1CCN(C(=O)Cc2ccc(Cl)cc2)CC1. The van der Waals surface area contributed by atoms with Gasteiger partial charge in [-0.05, 0) is 30.5 Å². The van der Waals surface area contributed by atoms with E-state index in [0.29, 0.717) is 17.5 Å². The number of rotatable bonds is 3. The molecule has 0 atom stereocenters. The molecule has 1 aromatic carbocycles. The van der Waals surface area contributed by atoms with Crippen LogP contribution in [0.2, 0.25) is 5.02 Å². The van der Waals surface area contributed by atoms with Crippen molar-refractivity contribution in [3.63, 3.8) is 0 Å². The third-order valence-corrected chi connectivity index (χ3v) is 3.65. The fourth-order valence-electron chi connectivity index (χ4n) is 2.23. The number of ether oxygens (including phenoxy) is 1. The smallest absolute Gasteiger partial charge is 0.226 e.